The molecule has 0 bridgehead atoms. The third-order valence-corrected chi connectivity index (χ3v) is 11.5. The SMILES string of the molecule is COc1ccc(S(=O)(=O)N2C(=O)[C@](c3ccc(CN4CCCC4)cc3OC)(N3CCCCC3C(=O)N(C)C)c3cc(Cl)ccc32)cc1. The number of ether oxygens (including phenoxy) is 2. The molecule has 3 heterocycles. The summed E-state index contributed by atoms with van der Waals surface area (Å²) in [6.07, 6.45) is 4.30. The van der Waals surface area contributed by atoms with Gasteiger partial charge in [-0.1, -0.05) is 30.2 Å². The molecule has 12 heteroatoms. The zero-order chi connectivity index (χ0) is 33.5. The molecule has 250 valence electrons. The molecule has 0 aromatic heterocycles. The predicted molar refractivity (Wildman–Crippen MR) is 180 cm³/mol. The Labute approximate surface area is 281 Å². The number of amides is 2. The van der Waals surface area contributed by atoms with E-state index in [1.54, 1.807) is 51.5 Å². The summed E-state index contributed by atoms with van der Waals surface area (Å²) in [5, 5.41) is 0.335. The largest absolute Gasteiger partial charge is 0.497 e. The molecule has 2 fully saturated rings. The van der Waals surface area contributed by atoms with E-state index in [-0.39, 0.29) is 16.5 Å². The number of hydrogen-bond donors (Lipinski definition) is 0. The van der Waals surface area contributed by atoms with Crippen LogP contribution in [0.15, 0.2) is 65.6 Å². The molecular weight excluding hydrogens is 640 g/mol. The molecule has 0 aliphatic carbocycles. The van der Waals surface area contributed by atoms with Crippen LogP contribution in [0.1, 0.15) is 48.8 Å². The Hall–Kier alpha value is -3.64. The van der Waals surface area contributed by atoms with Crippen molar-refractivity contribution >= 4 is 39.1 Å². The van der Waals surface area contributed by atoms with Gasteiger partial charge in [0.15, 0.2) is 5.54 Å². The van der Waals surface area contributed by atoms with E-state index in [1.807, 2.05) is 23.1 Å². The summed E-state index contributed by atoms with van der Waals surface area (Å²) in [6, 6.07) is 15.8. The van der Waals surface area contributed by atoms with E-state index in [0.29, 0.717) is 47.0 Å². The standard InChI is InChI=1S/C35H41ClN4O6S/c1-37(2)33(41)31-9-5-6-20-39(31)35(28-16-10-24(21-32(28)46-4)23-38-18-7-8-19-38)29-22-25(36)11-17-30(29)40(34(35)42)47(43,44)27-14-12-26(45-3)13-15-27/h10-17,21-22,31H,5-9,18-20,23H2,1-4H3/t31?,35-/m1/s1. The van der Waals surface area contributed by atoms with Crippen molar-refractivity contribution in [2.24, 2.45) is 0 Å². The van der Waals surface area contributed by atoms with Crippen LogP contribution < -0.4 is 13.8 Å². The Balaban J connectivity index is 1.61. The topological polar surface area (TPSA) is 99.7 Å². The first-order valence-corrected chi connectivity index (χ1v) is 17.8. The molecule has 3 aromatic carbocycles. The van der Waals surface area contributed by atoms with Crippen molar-refractivity contribution in [3.63, 3.8) is 0 Å². The second kappa shape index (κ2) is 13.1. The van der Waals surface area contributed by atoms with Crippen LogP contribution in [0.5, 0.6) is 11.5 Å². The summed E-state index contributed by atoms with van der Waals surface area (Å²) < 4.78 is 41.2. The van der Waals surface area contributed by atoms with E-state index >= 15 is 4.79 Å². The van der Waals surface area contributed by atoms with E-state index in [2.05, 4.69) is 4.90 Å². The number of carbonyl (C=O) groups excluding carboxylic acids is 2. The fourth-order valence-corrected chi connectivity index (χ4v) is 8.98. The van der Waals surface area contributed by atoms with Gasteiger partial charge in [0.2, 0.25) is 5.91 Å². The van der Waals surface area contributed by atoms with Crippen molar-refractivity contribution in [3.05, 3.63) is 82.4 Å². The van der Waals surface area contributed by atoms with Gasteiger partial charge in [-0.2, -0.15) is 0 Å². The van der Waals surface area contributed by atoms with Gasteiger partial charge in [0.1, 0.15) is 11.5 Å². The summed E-state index contributed by atoms with van der Waals surface area (Å²) in [6.45, 7) is 3.12. The van der Waals surface area contributed by atoms with Gasteiger partial charge in [0.05, 0.1) is 30.8 Å². The smallest absolute Gasteiger partial charge is 0.271 e. The lowest BCUT2D eigenvalue weighted by Gasteiger charge is -2.47. The van der Waals surface area contributed by atoms with Crippen LogP contribution in [0.2, 0.25) is 5.02 Å². The Kier molecular flexibility index (Phi) is 9.28. The van der Waals surface area contributed by atoms with E-state index in [0.717, 1.165) is 48.8 Å². The molecule has 0 saturated carbocycles. The number of methoxy groups -OCH3 is 2. The summed E-state index contributed by atoms with van der Waals surface area (Å²) >= 11 is 6.66. The number of rotatable bonds is 9. The van der Waals surface area contributed by atoms with Crippen LogP contribution in [-0.4, -0.2) is 88.9 Å². The predicted octanol–water partition coefficient (Wildman–Crippen LogP) is 4.87. The second-order valence-electron chi connectivity index (χ2n) is 12.6. The molecule has 2 saturated heterocycles. The second-order valence-corrected chi connectivity index (χ2v) is 14.8. The average molecular weight is 681 g/mol. The minimum atomic E-state index is -4.44. The molecule has 2 atom stereocenters. The van der Waals surface area contributed by atoms with Crippen molar-refractivity contribution in [3.8, 4) is 11.5 Å². The first kappa shape index (κ1) is 33.3. The van der Waals surface area contributed by atoms with Gasteiger partial charge in [-0.25, -0.2) is 12.7 Å². The first-order valence-electron chi connectivity index (χ1n) is 16.0. The third-order valence-electron chi connectivity index (χ3n) is 9.58. The normalized spacial score (nSPS) is 21.9. The van der Waals surface area contributed by atoms with E-state index in [4.69, 9.17) is 21.1 Å². The molecule has 0 radical (unpaired) electrons. The average Bonchev–Trinajstić information content (AvgIpc) is 3.68. The fraction of sp³-hybridized carbons (Fsp3) is 0.429. The van der Waals surface area contributed by atoms with Crippen LogP contribution >= 0.6 is 11.6 Å². The zero-order valence-corrected chi connectivity index (χ0v) is 28.8. The highest BCUT2D eigenvalue weighted by atomic mass is 35.5. The van der Waals surface area contributed by atoms with E-state index < -0.39 is 27.5 Å². The number of fused-ring (bicyclic) bond motifs is 1. The lowest BCUT2D eigenvalue weighted by Crippen LogP contribution is -2.62. The third kappa shape index (κ3) is 5.67. The molecule has 3 aromatic rings. The summed E-state index contributed by atoms with van der Waals surface area (Å²) in [5.41, 5.74) is 0.302. The molecule has 3 aliphatic rings. The number of piperidine rings is 1. The number of carbonyl (C=O) groups is 2. The number of anilines is 1. The van der Waals surface area contributed by atoms with Crippen molar-refractivity contribution < 1.29 is 27.5 Å². The number of likely N-dealkylation sites (N-methyl/N-ethyl adjacent to an activating group) is 1. The maximum atomic E-state index is 15.5. The maximum Gasteiger partial charge on any atom is 0.271 e. The maximum absolute atomic E-state index is 15.5. The van der Waals surface area contributed by atoms with Gasteiger partial charge in [-0.05, 0) is 92.9 Å². The van der Waals surface area contributed by atoms with Crippen molar-refractivity contribution in [2.45, 2.75) is 55.1 Å². The number of likely N-dealkylation sites (tertiary alicyclic amines) is 2. The highest BCUT2D eigenvalue weighted by molar-refractivity contribution is 7.93. The molecule has 1 unspecified atom stereocenters. The minimum absolute atomic E-state index is 0.0733. The Morgan fingerprint density at radius 2 is 1.62 bits per heavy atom. The van der Waals surface area contributed by atoms with Gasteiger partial charge >= 0.3 is 0 Å². The monoisotopic (exact) mass is 680 g/mol. The van der Waals surface area contributed by atoms with Crippen LogP contribution in [0.3, 0.4) is 0 Å². The van der Waals surface area contributed by atoms with Crippen molar-refractivity contribution in [2.75, 3.05) is 52.3 Å². The molecule has 0 N–H and O–H groups in total. The van der Waals surface area contributed by atoms with Gasteiger partial charge in [-0.15, -0.1) is 0 Å². The molecule has 0 spiro atoms. The number of benzene rings is 3. The highest BCUT2D eigenvalue weighted by Gasteiger charge is 2.62. The van der Waals surface area contributed by atoms with Gasteiger partial charge < -0.3 is 14.4 Å². The van der Waals surface area contributed by atoms with E-state index in [9.17, 15) is 13.2 Å². The lowest BCUT2D eigenvalue weighted by atomic mass is 9.78. The minimum Gasteiger partial charge on any atom is -0.497 e. The van der Waals surface area contributed by atoms with Gasteiger partial charge in [0, 0.05) is 43.3 Å². The van der Waals surface area contributed by atoms with Crippen LogP contribution in [0, 0.1) is 0 Å². The summed E-state index contributed by atoms with van der Waals surface area (Å²) in [5.74, 6) is 0.0396. The molecule has 3 aliphatic heterocycles. The molecular formula is C35H41ClN4O6S. The lowest BCUT2D eigenvalue weighted by molar-refractivity contribution is -0.142. The zero-order valence-electron chi connectivity index (χ0n) is 27.2. The Morgan fingerprint density at radius 3 is 2.28 bits per heavy atom. The number of halogens is 1. The summed E-state index contributed by atoms with van der Waals surface area (Å²) in [4.78, 5) is 35.0. The molecule has 6 rings (SSSR count). The molecule has 47 heavy (non-hydrogen) atoms. The number of sulfonamides is 1. The van der Waals surface area contributed by atoms with Crippen LogP contribution in [-0.2, 0) is 31.7 Å². The van der Waals surface area contributed by atoms with Crippen LogP contribution in [0.25, 0.3) is 0 Å². The Bertz CT molecular complexity index is 1780. The quantitative estimate of drug-likeness (QED) is 0.316. The van der Waals surface area contributed by atoms with Gasteiger partial charge in [-0.3, -0.25) is 19.4 Å². The highest BCUT2D eigenvalue weighted by Crippen LogP contribution is 2.54. The van der Waals surface area contributed by atoms with E-state index in [1.165, 1.54) is 24.1 Å². The molecule has 10 nitrogen and oxygen atoms in total. The number of hydrogen-bond acceptors (Lipinski definition) is 8. The van der Waals surface area contributed by atoms with Crippen molar-refractivity contribution in [1.82, 2.24) is 14.7 Å². The van der Waals surface area contributed by atoms with Gasteiger partial charge in [0.25, 0.3) is 15.9 Å². The first-order chi connectivity index (χ1) is 22.5. The number of nitrogens with zero attached hydrogens (tertiary/aromatic N) is 4. The summed E-state index contributed by atoms with van der Waals surface area (Å²) in [7, 11) is 1.99. The molecule has 2 amide bonds. The Morgan fingerprint density at radius 1 is 0.915 bits per heavy atom. The fourth-order valence-electron chi connectivity index (χ4n) is 7.35. The van der Waals surface area contributed by atoms with Crippen molar-refractivity contribution in [1.29, 1.82) is 0 Å². The van der Waals surface area contributed by atoms with Crippen LogP contribution in [0.4, 0.5) is 5.69 Å².